The summed E-state index contributed by atoms with van der Waals surface area (Å²) < 4.78 is 0. The molecule has 1 aliphatic carbocycles. The molecule has 2 unspecified atom stereocenters. The van der Waals surface area contributed by atoms with E-state index in [9.17, 15) is 4.79 Å². The summed E-state index contributed by atoms with van der Waals surface area (Å²) in [6, 6.07) is 9.01. The largest absolute Gasteiger partial charge is 0.481 e. The van der Waals surface area contributed by atoms with Crippen molar-refractivity contribution in [3.05, 3.63) is 59.2 Å². The van der Waals surface area contributed by atoms with Crippen molar-refractivity contribution in [2.45, 2.75) is 58.0 Å². The van der Waals surface area contributed by atoms with Gasteiger partial charge in [0, 0.05) is 18.5 Å². The Kier molecular flexibility index (Phi) is 6.60. The fourth-order valence-electron chi connectivity index (χ4n) is 3.05. The number of nitrogens with one attached hydrogen (secondary N) is 1. The van der Waals surface area contributed by atoms with E-state index in [1.165, 1.54) is 11.1 Å². The van der Waals surface area contributed by atoms with E-state index in [0.29, 0.717) is 18.5 Å². The first-order chi connectivity index (χ1) is 11.0. The molecule has 0 aliphatic heterocycles. The van der Waals surface area contributed by atoms with Gasteiger partial charge in [0.1, 0.15) is 0 Å². The van der Waals surface area contributed by atoms with E-state index in [1.807, 2.05) is 12.1 Å². The zero-order valence-corrected chi connectivity index (χ0v) is 14.1. The van der Waals surface area contributed by atoms with E-state index < -0.39 is 5.97 Å². The van der Waals surface area contributed by atoms with Crippen molar-refractivity contribution in [1.29, 1.82) is 0 Å². The van der Waals surface area contributed by atoms with Crippen LogP contribution >= 0.6 is 0 Å². The van der Waals surface area contributed by atoms with E-state index in [-0.39, 0.29) is 6.42 Å². The molecule has 0 aromatic heterocycles. The van der Waals surface area contributed by atoms with Gasteiger partial charge < -0.3 is 10.4 Å². The van der Waals surface area contributed by atoms with Crippen molar-refractivity contribution in [3.8, 4) is 0 Å². The van der Waals surface area contributed by atoms with Crippen LogP contribution < -0.4 is 5.32 Å². The number of carboxylic acids is 1. The van der Waals surface area contributed by atoms with Crippen molar-refractivity contribution in [2.75, 3.05) is 0 Å². The molecular formula is C20H27NO2. The lowest BCUT2D eigenvalue weighted by Crippen LogP contribution is -2.37. The number of hydrogen-bond acceptors (Lipinski definition) is 2. The number of aryl methyl sites for hydroxylation is 1. The zero-order valence-electron chi connectivity index (χ0n) is 14.1. The lowest BCUT2D eigenvalue weighted by molar-refractivity contribution is -0.136. The van der Waals surface area contributed by atoms with Gasteiger partial charge in [-0.05, 0) is 56.2 Å². The molecule has 0 heterocycles. The van der Waals surface area contributed by atoms with Gasteiger partial charge >= 0.3 is 5.97 Å². The molecule has 23 heavy (non-hydrogen) atoms. The van der Waals surface area contributed by atoms with Crippen LogP contribution in [0.25, 0.3) is 0 Å². The smallest absolute Gasteiger partial charge is 0.303 e. The zero-order chi connectivity index (χ0) is 16.7. The van der Waals surface area contributed by atoms with Crippen molar-refractivity contribution in [3.63, 3.8) is 0 Å². The summed E-state index contributed by atoms with van der Waals surface area (Å²) in [6.07, 6.45) is 10.8. The number of aliphatic carboxylic acids is 1. The summed E-state index contributed by atoms with van der Waals surface area (Å²) in [7, 11) is 0. The Bertz CT molecular complexity index is 589. The molecule has 0 fully saturated rings. The molecule has 1 aliphatic rings. The average molecular weight is 313 g/mol. The number of hydrogen-bond donors (Lipinski definition) is 2. The summed E-state index contributed by atoms with van der Waals surface area (Å²) in [4.78, 5) is 10.7. The van der Waals surface area contributed by atoms with Crippen LogP contribution in [-0.2, 0) is 17.6 Å². The second kappa shape index (κ2) is 8.68. The molecule has 124 valence electrons. The highest BCUT2D eigenvalue weighted by Gasteiger charge is 2.12. The Morgan fingerprint density at radius 2 is 2.04 bits per heavy atom. The minimum Gasteiger partial charge on any atom is -0.481 e. The predicted molar refractivity (Wildman–Crippen MR) is 94.6 cm³/mol. The van der Waals surface area contributed by atoms with E-state index in [4.69, 9.17) is 5.11 Å². The Hall–Kier alpha value is -1.87. The van der Waals surface area contributed by atoms with Crippen LogP contribution in [0.4, 0.5) is 0 Å². The highest BCUT2D eigenvalue weighted by Crippen LogP contribution is 2.15. The first kappa shape index (κ1) is 17.5. The summed E-state index contributed by atoms with van der Waals surface area (Å²) in [6.45, 7) is 4.41. The van der Waals surface area contributed by atoms with Gasteiger partial charge in [0.25, 0.3) is 0 Å². The lowest BCUT2D eigenvalue weighted by Gasteiger charge is -2.22. The molecule has 2 atom stereocenters. The van der Waals surface area contributed by atoms with Crippen molar-refractivity contribution < 1.29 is 9.90 Å². The first-order valence-electron chi connectivity index (χ1n) is 8.47. The molecular weight excluding hydrogens is 286 g/mol. The van der Waals surface area contributed by atoms with Crippen molar-refractivity contribution >= 4 is 5.97 Å². The molecule has 0 saturated heterocycles. The van der Waals surface area contributed by atoms with Gasteiger partial charge in [-0.2, -0.15) is 0 Å². The molecule has 0 radical (unpaired) electrons. The molecule has 0 spiro atoms. The summed E-state index contributed by atoms with van der Waals surface area (Å²) in [5, 5.41) is 12.4. The van der Waals surface area contributed by atoms with Gasteiger partial charge in [-0.3, -0.25) is 4.79 Å². The van der Waals surface area contributed by atoms with Crippen LogP contribution in [-0.4, -0.2) is 23.2 Å². The number of carboxylic acid groups (broad SMARTS) is 1. The highest BCUT2D eigenvalue weighted by atomic mass is 16.4. The Labute approximate surface area is 139 Å². The second-order valence-corrected chi connectivity index (χ2v) is 6.39. The fourth-order valence-corrected chi connectivity index (χ4v) is 3.05. The maximum atomic E-state index is 10.7. The van der Waals surface area contributed by atoms with Gasteiger partial charge in [0.15, 0.2) is 0 Å². The van der Waals surface area contributed by atoms with Gasteiger partial charge in [-0.15, -0.1) is 0 Å². The van der Waals surface area contributed by atoms with Crippen LogP contribution in [0.1, 0.15) is 44.2 Å². The quantitative estimate of drug-likeness (QED) is 0.765. The van der Waals surface area contributed by atoms with Crippen LogP contribution in [0.2, 0.25) is 0 Å². The average Bonchev–Trinajstić information content (AvgIpc) is 2.54. The molecule has 1 aromatic rings. The summed E-state index contributed by atoms with van der Waals surface area (Å²) in [5.74, 6) is -0.743. The number of rotatable bonds is 8. The molecule has 0 amide bonds. The molecule has 0 saturated carbocycles. The topological polar surface area (TPSA) is 49.3 Å². The van der Waals surface area contributed by atoms with Crippen LogP contribution in [0.15, 0.2) is 48.1 Å². The van der Waals surface area contributed by atoms with E-state index >= 15 is 0 Å². The lowest BCUT2D eigenvalue weighted by atomic mass is 9.98. The maximum absolute atomic E-state index is 10.7. The highest BCUT2D eigenvalue weighted by molar-refractivity contribution is 5.67. The standard InChI is InChI=1S/C20H27NO2/c1-15(21-16(2)19-9-4-3-5-10-19)13-18-8-6-7-17(14-18)11-12-20(22)23/h4,6-10,14-16,21H,3,5,11-13H2,1-2H3,(H,22,23). The third kappa shape index (κ3) is 6.03. The van der Waals surface area contributed by atoms with Crippen LogP contribution in [0.3, 0.4) is 0 Å². The summed E-state index contributed by atoms with van der Waals surface area (Å²) >= 11 is 0. The minimum atomic E-state index is -0.743. The minimum absolute atomic E-state index is 0.189. The van der Waals surface area contributed by atoms with Gasteiger partial charge in [0.05, 0.1) is 0 Å². The van der Waals surface area contributed by atoms with Crippen LogP contribution in [0.5, 0.6) is 0 Å². The van der Waals surface area contributed by atoms with Crippen molar-refractivity contribution in [2.24, 2.45) is 0 Å². The normalized spacial score (nSPS) is 16.7. The predicted octanol–water partition coefficient (Wildman–Crippen LogP) is 3.89. The number of carbonyl (C=O) groups is 1. The van der Waals surface area contributed by atoms with E-state index in [0.717, 1.165) is 24.8 Å². The van der Waals surface area contributed by atoms with Gasteiger partial charge in [-0.25, -0.2) is 0 Å². The van der Waals surface area contributed by atoms with Crippen molar-refractivity contribution in [1.82, 2.24) is 5.32 Å². The van der Waals surface area contributed by atoms with E-state index in [1.54, 1.807) is 0 Å². The molecule has 2 N–H and O–H groups in total. The number of allylic oxidation sites excluding steroid dienone is 2. The molecule has 3 nitrogen and oxygen atoms in total. The summed E-state index contributed by atoms with van der Waals surface area (Å²) in [5.41, 5.74) is 3.73. The SMILES string of the molecule is CC(Cc1cccc(CCC(=O)O)c1)NC(C)C1=CCCC=C1. The third-order valence-corrected chi connectivity index (χ3v) is 4.22. The van der Waals surface area contributed by atoms with E-state index in [2.05, 4.69) is 49.5 Å². The van der Waals surface area contributed by atoms with Gasteiger partial charge in [0.2, 0.25) is 0 Å². The Balaban J connectivity index is 1.88. The molecule has 0 bridgehead atoms. The first-order valence-corrected chi connectivity index (χ1v) is 8.47. The Morgan fingerprint density at radius 3 is 2.74 bits per heavy atom. The maximum Gasteiger partial charge on any atom is 0.303 e. The number of benzene rings is 1. The molecule has 3 heteroatoms. The molecule has 2 rings (SSSR count). The third-order valence-electron chi connectivity index (χ3n) is 4.22. The molecule has 1 aromatic carbocycles. The Morgan fingerprint density at radius 1 is 1.26 bits per heavy atom. The van der Waals surface area contributed by atoms with Crippen LogP contribution in [0, 0.1) is 0 Å². The fraction of sp³-hybridized carbons (Fsp3) is 0.450. The van der Waals surface area contributed by atoms with Gasteiger partial charge in [-0.1, -0.05) is 42.5 Å². The second-order valence-electron chi connectivity index (χ2n) is 6.39. The monoisotopic (exact) mass is 313 g/mol.